The Balaban J connectivity index is 1.59. The number of nitrogens with zero attached hydrogens (tertiary/aromatic N) is 4. The van der Waals surface area contributed by atoms with Crippen LogP contribution in [-0.4, -0.2) is 72.1 Å². The van der Waals surface area contributed by atoms with Crippen LogP contribution in [0.15, 0.2) is 24.4 Å². The molecule has 2 aliphatic rings. The van der Waals surface area contributed by atoms with Gasteiger partial charge in [0.1, 0.15) is 0 Å². The number of carbonyl (C=O) groups excluding carboxylic acids is 1. The molecule has 0 atom stereocenters. The van der Waals surface area contributed by atoms with Gasteiger partial charge in [-0.1, -0.05) is 12.5 Å². The highest BCUT2D eigenvalue weighted by atomic mass is 32.2. The van der Waals surface area contributed by atoms with Crippen molar-refractivity contribution >= 4 is 16.1 Å². The first-order valence-electron chi connectivity index (χ1n) is 9.00. The van der Waals surface area contributed by atoms with Gasteiger partial charge in [0.2, 0.25) is 5.91 Å². The highest BCUT2D eigenvalue weighted by molar-refractivity contribution is 7.86. The van der Waals surface area contributed by atoms with Crippen molar-refractivity contribution in [3.63, 3.8) is 0 Å². The summed E-state index contributed by atoms with van der Waals surface area (Å²) in [6.07, 6.45) is 5.57. The summed E-state index contributed by atoms with van der Waals surface area (Å²) in [5.74, 6) is 0.0101. The predicted molar refractivity (Wildman–Crippen MR) is 95.1 cm³/mol. The Morgan fingerprint density at radius 3 is 2.36 bits per heavy atom. The number of carbonyl (C=O) groups is 1. The Hall–Kier alpha value is -1.51. The first kappa shape index (κ1) is 18.3. The summed E-state index contributed by atoms with van der Waals surface area (Å²) in [4.78, 5) is 18.4. The molecular weight excluding hydrogens is 340 g/mol. The van der Waals surface area contributed by atoms with Crippen molar-refractivity contribution in [3.05, 3.63) is 30.1 Å². The van der Waals surface area contributed by atoms with E-state index in [1.54, 1.807) is 19.7 Å². The average molecular weight is 366 g/mol. The lowest BCUT2D eigenvalue weighted by molar-refractivity contribution is -0.130. The summed E-state index contributed by atoms with van der Waals surface area (Å²) >= 11 is 0. The van der Waals surface area contributed by atoms with Gasteiger partial charge in [0.15, 0.2) is 0 Å². The Morgan fingerprint density at radius 2 is 1.64 bits per heavy atom. The zero-order valence-electron chi connectivity index (χ0n) is 14.5. The number of pyridine rings is 1. The molecule has 0 saturated carbocycles. The van der Waals surface area contributed by atoms with Crippen LogP contribution >= 0.6 is 0 Å². The van der Waals surface area contributed by atoms with Gasteiger partial charge in [0.05, 0.1) is 6.42 Å². The van der Waals surface area contributed by atoms with E-state index in [9.17, 15) is 13.2 Å². The van der Waals surface area contributed by atoms with E-state index in [0.717, 1.165) is 25.0 Å². The molecule has 3 heterocycles. The fourth-order valence-electron chi connectivity index (χ4n) is 3.40. The molecule has 3 rings (SSSR count). The van der Waals surface area contributed by atoms with Crippen molar-refractivity contribution in [1.82, 2.24) is 18.5 Å². The molecular formula is C17H26N4O3S. The van der Waals surface area contributed by atoms with E-state index in [0.29, 0.717) is 45.7 Å². The molecule has 1 aromatic rings. The summed E-state index contributed by atoms with van der Waals surface area (Å²) in [7, 11) is -3.40. The van der Waals surface area contributed by atoms with Crippen molar-refractivity contribution in [3.8, 4) is 0 Å². The first-order valence-corrected chi connectivity index (χ1v) is 10.4. The minimum atomic E-state index is -3.40. The van der Waals surface area contributed by atoms with Gasteiger partial charge in [-0.3, -0.25) is 9.78 Å². The highest BCUT2D eigenvalue weighted by Gasteiger charge is 2.32. The van der Waals surface area contributed by atoms with Gasteiger partial charge in [0, 0.05) is 51.2 Å². The van der Waals surface area contributed by atoms with E-state index in [-0.39, 0.29) is 12.3 Å². The van der Waals surface area contributed by atoms with Gasteiger partial charge in [-0.05, 0) is 31.4 Å². The molecule has 25 heavy (non-hydrogen) atoms. The van der Waals surface area contributed by atoms with Crippen molar-refractivity contribution in [2.24, 2.45) is 0 Å². The maximum Gasteiger partial charge on any atom is 0.282 e. The van der Waals surface area contributed by atoms with E-state index >= 15 is 0 Å². The zero-order valence-corrected chi connectivity index (χ0v) is 15.3. The predicted octanol–water partition coefficient (Wildman–Crippen LogP) is 0.889. The molecule has 8 heteroatoms. The van der Waals surface area contributed by atoms with Crippen LogP contribution in [0.5, 0.6) is 0 Å². The zero-order chi connectivity index (χ0) is 17.7. The van der Waals surface area contributed by atoms with Crippen LogP contribution in [0.4, 0.5) is 0 Å². The van der Waals surface area contributed by atoms with Crippen LogP contribution in [0.2, 0.25) is 0 Å². The van der Waals surface area contributed by atoms with Crippen LogP contribution in [-0.2, 0) is 21.4 Å². The molecule has 0 N–H and O–H groups in total. The van der Waals surface area contributed by atoms with Gasteiger partial charge in [-0.15, -0.1) is 0 Å². The lowest BCUT2D eigenvalue weighted by atomic mass is 10.2. The van der Waals surface area contributed by atoms with Gasteiger partial charge < -0.3 is 4.90 Å². The van der Waals surface area contributed by atoms with E-state index < -0.39 is 10.2 Å². The SMILES string of the molecule is O=C(Cc1ccccn1)N1CCCN(S(=O)(=O)N2CCCCC2)CC1. The van der Waals surface area contributed by atoms with E-state index in [4.69, 9.17) is 0 Å². The molecule has 2 fully saturated rings. The molecule has 0 aliphatic carbocycles. The summed E-state index contributed by atoms with van der Waals surface area (Å²) in [6.45, 7) is 3.11. The van der Waals surface area contributed by atoms with Crippen molar-refractivity contribution < 1.29 is 13.2 Å². The summed E-state index contributed by atoms with van der Waals surface area (Å²) in [5.41, 5.74) is 0.745. The van der Waals surface area contributed by atoms with Crippen LogP contribution in [0.1, 0.15) is 31.4 Å². The molecule has 0 unspecified atom stereocenters. The third-order valence-electron chi connectivity index (χ3n) is 4.83. The number of rotatable bonds is 4. The third-order valence-corrected chi connectivity index (χ3v) is 6.87. The quantitative estimate of drug-likeness (QED) is 0.793. The standard InChI is InChI=1S/C17H26N4O3S/c22-17(15-16-7-2-3-8-18-16)19-9-6-12-21(14-13-19)25(23,24)20-10-4-1-5-11-20/h2-3,7-8H,1,4-6,9-15H2. The largest absolute Gasteiger partial charge is 0.341 e. The monoisotopic (exact) mass is 366 g/mol. The normalized spacial score (nSPS) is 21.0. The molecule has 2 saturated heterocycles. The molecule has 0 radical (unpaired) electrons. The number of hydrogen-bond acceptors (Lipinski definition) is 4. The number of amides is 1. The van der Waals surface area contributed by atoms with Crippen LogP contribution in [0, 0.1) is 0 Å². The van der Waals surface area contributed by atoms with E-state index in [1.807, 2.05) is 18.2 Å². The maximum absolute atomic E-state index is 12.8. The van der Waals surface area contributed by atoms with Gasteiger partial charge in [0.25, 0.3) is 10.2 Å². The topological polar surface area (TPSA) is 73.8 Å². The second-order valence-corrected chi connectivity index (χ2v) is 8.53. The fourth-order valence-corrected chi connectivity index (χ4v) is 5.12. The molecule has 7 nitrogen and oxygen atoms in total. The number of aromatic nitrogens is 1. The minimum absolute atomic E-state index is 0.0101. The van der Waals surface area contributed by atoms with Gasteiger partial charge >= 0.3 is 0 Å². The van der Waals surface area contributed by atoms with Crippen molar-refractivity contribution in [1.29, 1.82) is 0 Å². The molecule has 1 aromatic heterocycles. The van der Waals surface area contributed by atoms with Crippen molar-refractivity contribution in [2.75, 3.05) is 39.3 Å². The highest BCUT2D eigenvalue weighted by Crippen LogP contribution is 2.18. The second-order valence-electron chi connectivity index (χ2n) is 6.60. The van der Waals surface area contributed by atoms with Crippen molar-refractivity contribution in [2.45, 2.75) is 32.1 Å². The Morgan fingerprint density at radius 1 is 0.920 bits per heavy atom. The molecule has 138 valence electrons. The van der Waals surface area contributed by atoms with E-state index in [1.165, 1.54) is 0 Å². The second kappa shape index (κ2) is 8.25. The molecule has 2 aliphatic heterocycles. The average Bonchev–Trinajstić information content (AvgIpc) is 2.90. The van der Waals surface area contributed by atoms with Gasteiger partial charge in [-0.2, -0.15) is 17.0 Å². The summed E-state index contributed by atoms with van der Waals surface area (Å²) in [5, 5.41) is 0. The Kier molecular flexibility index (Phi) is 6.03. The number of hydrogen-bond donors (Lipinski definition) is 0. The van der Waals surface area contributed by atoms with Crippen LogP contribution < -0.4 is 0 Å². The minimum Gasteiger partial charge on any atom is -0.341 e. The molecule has 0 bridgehead atoms. The maximum atomic E-state index is 12.8. The lowest BCUT2D eigenvalue weighted by Crippen LogP contribution is -2.47. The first-order chi connectivity index (χ1) is 12.1. The smallest absolute Gasteiger partial charge is 0.282 e. The number of piperidine rings is 1. The Bertz CT molecular complexity index is 674. The Labute approximate surface area is 149 Å². The summed E-state index contributed by atoms with van der Waals surface area (Å²) in [6, 6.07) is 5.52. The summed E-state index contributed by atoms with van der Waals surface area (Å²) < 4.78 is 28.7. The van der Waals surface area contributed by atoms with Crippen LogP contribution in [0.3, 0.4) is 0 Å². The van der Waals surface area contributed by atoms with Crippen LogP contribution in [0.25, 0.3) is 0 Å². The molecule has 1 amide bonds. The van der Waals surface area contributed by atoms with Gasteiger partial charge in [-0.25, -0.2) is 0 Å². The molecule has 0 spiro atoms. The lowest BCUT2D eigenvalue weighted by Gasteiger charge is -2.31. The molecule has 0 aromatic carbocycles. The van der Waals surface area contributed by atoms with E-state index in [2.05, 4.69) is 4.98 Å². The fraction of sp³-hybridized carbons (Fsp3) is 0.647. The third kappa shape index (κ3) is 4.56.